The van der Waals surface area contributed by atoms with Crippen LogP contribution in [-0.4, -0.2) is 24.6 Å². The largest absolute Gasteiger partial charge is 0.434 e. The van der Waals surface area contributed by atoms with Crippen molar-refractivity contribution >= 4 is 5.52 Å². The predicted octanol–water partition coefficient (Wildman–Crippen LogP) is 3.87. The van der Waals surface area contributed by atoms with E-state index in [1.54, 1.807) is 32.2 Å². The molecule has 0 saturated carbocycles. The molecule has 8 heteroatoms. The van der Waals surface area contributed by atoms with Gasteiger partial charge >= 0.3 is 0 Å². The van der Waals surface area contributed by atoms with Gasteiger partial charge in [0.25, 0.3) is 0 Å². The van der Waals surface area contributed by atoms with E-state index in [2.05, 4.69) is 20.1 Å². The molecular formula is C18H13F2N5O. The summed E-state index contributed by atoms with van der Waals surface area (Å²) >= 11 is 0. The van der Waals surface area contributed by atoms with Crippen molar-refractivity contribution in [2.45, 2.75) is 13.8 Å². The van der Waals surface area contributed by atoms with E-state index in [0.29, 0.717) is 22.5 Å². The highest BCUT2D eigenvalue weighted by atomic mass is 19.1. The minimum atomic E-state index is -0.715. The van der Waals surface area contributed by atoms with Crippen LogP contribution in [0.3, 0.4) is 0 Å². The molecule has 0 aliphatic rings. The van der Waals surface area contributed by atoms with Crippen molar-refractivity contribution in [3.05, 3.63) is 66.1 Å². The summed E-state index contributed by atoms with van der Waals surface area (Å²) in [4.78, 5) is 12.1. The van der Waals surface area contributed by atoms with Crippen LogP contribution >= 0.6 is 0 Å². The highest BCUT2D eigenvalue weighted by molar-refractivity contribution is 5.69. The molecule has 0 radical (unpaired) electrons. The standard InChI is InChI=1S/C18H13F2N5O/c1-10-17(11(2)22-8-21-10)12-6-14(20)16(7-13(12)19)26-18-15-4-3-5-25(15)24-9-23-18/h3-9H,1-2H3. The van der Waals surface area contributed by atoms with E-state index in [-0.39, 0.29) is 17.2 Å². The second kappa shape index (κ2) is 6.14. The van der Waals surface area contributed by atoms with Crippen LogP contribution in [0.25, 0.3) is 16.6 Å². The van der Waals surface area contributed by atoms with Crippen molar-refractivity contribution in [3.8, 4) is 22.8 Å². The first-order valence-electron chi connectivity index (χ1n) is 7.78. The summed E-state index contributed by atoms with van der Waals surface area (Å²) in [5.41, 5.74) is 2.22. The van der Waals surface area contributed by atoms with Gasteiger partial charge in [0.2, 0.25) is 5.88 Å². The van der Waals surface area contributed by atoms with Gasteiger partial charge in [-0.15, -0.1) is 0 Å². The summed E-state index contributed by atoms with van der Waals surface area (Å²) < 4.78 is 36.3. The van der Waals surface area contributed by atoms with Crippen LogP contribution in [0.15, 0.2) is 43.1 Å². The first kappa shape index (κ1) is 16.1. The smallest absolute Gasteiger partial charge is 0.247 e. The van der Waals surface area contributed by atoms with Gasteiger partial charge in [0, 0.05) is 34.8 Å². The lowest BCUT2D eigenvalue weighted by Gasteiger charge is -2.12. The van der Waals surface area contributed by atoms with Crippen LogP contribution in [0.4, 0.5) is 8.78 Å². The number of nitrogens with zero attached hydrogens (tertiary/aromatic N) is 5. The average molecular weight is 353 g/mol. The van der Waals surface area contributed by atoms with Gasteiger partial charge < -0.3 is 4.74 Å². The Hall–Kier alpha value is -3.42. The maximum atomic E-state index is 14.7. The van der Waals surface area contributed by atoms with Gasteiger partial charge in [0.15, 0.2) is 11.6 Å². The summed E-state index contributed by atoms with van der Waals surface area (Å²) in [6.45, 7) is 3.44. The van der Waals surface area contributed by atoms with E-state index in [9.17, 15) is 8.78 Å². The van der Waals surface area contributed by atoms with Crippen molar-refractivity contribution in [3.63, 3.8) is 0 Å². The lowest BCUT2D eigenvalue weighted by molar-refractivity contribution is 0.423. The molecule has 6 nitrogen and oxygen atoms in total. The van der Waals surface area contributed by atoms with E-state index >= 15 is 0 Å². The van der Waals surface area contributed by atoms with Crippen molar-refractivity contribution in [1.29, 1.82) is 0 Å². The Balaban J connectivity index is 1.78. The summed E-state index contributed by atoms with van der Waals surface area (Å²) in [5, 5.41) is 4.00. The zero-order valence-electron chi connectivity index (χ0n) is 13.9. The molecule has 0 amide bonds. The highest BCUT2D eigenvalue weighted by Crippen LogP contribution is 2.34. The topological polar surface area (TPSA) is 65.2 Å². The number of hydrogen-bond acceptors (Lipinski definition) is 5. The van der Waals surface area contributed by atoms with Crippen molar-refractivity contribution in [2.75, 3.05) is 0 Å². The summed E-state index contributed by atoms with van der Waals surface area (Å²) in [5.74, 6) is -1.48. The van der Waals surface area contributed by atoms with E-state index in [4.69, 9.17) is 4.74 Å². The Labute approximate surface area is 147 Å². The van der Waals surface area contributed by atoms with Crippen LogP contribution < -0.4 is 4.74 Å². The number of rotatable bonds is 3. The van der Waals surface area contributed by atoms with Crippen LogP contribution in [0.1, 0.15) is 11.4 Å². The first-order valence-corrected chi connectivity index (χ1v) is 7.78. The Morgan fingerprint density at radius 3 is 2.50 bits per heavy atom. The zero-order chi connectivity index (χ0) is 18.3. The molecule has 0 spiro atoms. The molecule has 0 bridgehead atoms. The number of fused-ring (bicyclic) bond motifs is 1. The zero-order valence-corrected chi connectivity index (χ0v) is 13.9. The minimum absolute atomic E-state index is 0.0842. The van der Waals surface area contributed by atoms with Gasteiger partial charge in [-0.25, -0.2) is 23.3 Å². The first-order chi connectivity index (χ1) is 12.5. The maximum absolute atomic E-state index is 14.7. The number of ether oxygens (including phenoxy) is 1. The van der Waals surface area contributed by atoms with Gasteiger partial charge in [0.1, 0.15) is 24.0 Å². The number of halogens is 2. The van der Waals surface area contributed by atoms with Gasteiger partial charge in [0.05, 0.1) is 0 Å². The van der Waals surface area contributed by atoms with Crippen LogP contribution in [-0.2, 0) is 0 Å². The molecule has 0 N–H and O–H groups in total. The molecule has 0 aliphatic carbocycles. The van der Waals surface area contributed by atoms with Crippen molar-refractivity contribution in [2.24, 2.45) is 0 Å². The Bertz CT molecular complexity index is 1110. The third-order valence-electron chi connectivity index (χ3n) is 4.02. The lowest BCUT2D eigenvalue weighted by Crippen LogP contribution is -2.00. The van der Waals surface area contributed by atoms with Crippen molar-refractivity contribution < 1.29 is 13.5 Å². The molecular weight excluding hydrogens is 340 g/mol. The second-order valence-electron chi connectivity index (χ2n) is 5.69. The highest BCUT2D eigenvalue weighted by Gasteiger charge is 2.18. The lowest BCUT2D eigenvalue weighted by atomic mass is 10.0. The van der Waals surface area contributed by atoms with Gasteiger partial charge in [-0.2, -0.15) is 10.1 Å². The van der Waals surface area contributed by atoms with Gasteiger partial charge in [-0.1, -0.05) is 0 Å². The third kappa shape index (κ3) is 2.65. The monoisotopic (exact) mass is 353 g/mol. The van der Waals surface area contributed by atoms with Crippen LogP contribution in [0, 0.1) is 25.5 Å². The Morgan fingerprint density at radius 2 is 1.73 bits per heavy atom. The molecule has 130 valence electrons. The molecule has 3 heterocycles. The molecule has 4 rings (SSSR count). The quantitative estimate of drug-likeness (QED) is 0.559. The van der Waals surface area contributed by atoms with Gasteiger partial charge in [-0.05, 0) is 32.0 Å². The number of benzene rings is 1. The summed E-state index contributed by atoms with van der Waals surface area (Å²) in [7, 11) is 0. The molecule has 26 heavy (non-hydrogen) atoms. The number of aryl methyl sites for hydroxylation is 2. The molecule has 3 aromatic heterocycles. The minimum Gasteiger partial charge on any atom is -0.434 e. The van der Waals surface area contributed by atoms with E-state index in [1.165, 1.54) is 17.2 Å². The van der Waals surface area contributed by atoms with Gasteiger partial charge in [-0.3, -0.25) is 0 Å². The fourth-order valence-electron chi connectivity index (χ4n) is 2.81. The van der Waals surface area contributed by atoms with Crippen LogP contribution in [0.2, 0.25) is 0 Å². The average Bonchev–Trinajstić information content (AvgIpc) is 3.08. The molecule has 0 atom stereocenters. The van der Waals surface area contributed by atoms with Crippen LogP contribution in [0.5, 0.6) is 11.6 Å². The number of aromatic nitrogens is 5. The molecule has 0 unspecified atom stereocenters. The van der Waals surface area contributed by atoms with Crippen molar-refractivity contribution in [1.82, 2.24) is 24.6 Å². The molecule has 0 saturated heterocycles. The van der Waals surface area contributed by atoms with E-state index in [1.807, 2.05) is 0 Å². The fourth-order valence-corrected chi connectivity index (χ4v) is 2.81. The molecule has 1 aromatic carbocycles. The van der Waals surface area contributed by atoms with E-state index in [0.717, 1.165) is 12.1 Å². The molecule has 0 fully saturated rings. The Kier molecular flexibility index (Phi) is 3.80. The second-order valence-corrected chi connectivity index (χ2v) is 5.69. The Morgan fingerprint density at radius 1 is 0.962 bits per heavy atom. The normalized spacial score (nSPS) is 11.1. The molecule has 4 aromatic rings. The SMILES string of the molecule is Cc1ncnc(C)c1-c1cc(F)c(Oc2ncnn3cccc23)cc1F. The molecule has 0 aliphatic heterocycles. The predicted molar refractivity (Wildman–Crippen MR) is 89.9 cm³/mol. The summed E-state index contributed by atoms with van der Waals surface area (Å²) in [6, 6.07) is 5.54. The van der Waals surface area contributed by atoms with E-state index < -0.39 is 11.6 Å². The fraction of sp³-hybridized carbons (Fsp3) is 0.111. The maximum Gasteiger partial charge on any atom is 0.247 e. The number of hydrogen-bond donors (Lipinski definition) is 0. The third-order valence-corrected chi connectivity index (χ3v) is 4.02. The summed E-state index contributed by atoms with van der Waals surface area (Å²) in [6.07, 6.45) is 4.36.